The van der Waals surface area contributed by atoms with Gasteiger partial charge < -0.3 is 5.11 Å². The summed E-state index contributed by atoms with van der Waals surface area (Å²) in [5.41, 5.74) is 0.457. The normalized spacial score (nSPS) is 14.8. The Morgan fingerprint density at radius 2 is 1.93 bits per heavy atom. The largest absolute Gasteiger partial charge is 0.381 e. The number of aliphatic hydroxyl groups is 1. The quantitative estimate of drug-likeness (QED) is 0.740. The van der Waals surface area contributed by atoms with Crippen molar-refractivity contribution in [1.82, 2.24) is 0 Å². The van der Waals surface area contributed by atoms with Gasteiger partial charge in [0.15, 0.2) is 0 Å². The summed E-state index contributed by atoms with van der Waals surface area (Å²) >= 11 is 0. The Morgan fingerprint density at radius 3 is 2.47 bits per heavy atom. The molecule has 0 saturated heterocycles. The van der Waals surface area contributed by atoms with E-state index in [0.29, 0.717) is 5.57 Å². The zero-order valence-electron chi connectivity index (χ0n) is 8.98. The average molecular weight is 200 g/mol. The molecule has 0 aliphatic carbocycles. The van der Waals surface area contributed by atoms with Crippen molar-refractivity contribution in [1.29, 1.82) is 0 Å². The summed E-state index contributed by atoms with van der Waals surface area (Å²) in [7, 11) is 0. The van der Waals surface area contributed by atoms with E-state index in [9.17, 15) is 5.11 Å². The molecule has 1 unspecified atom stereocenters. The van der Waals surface area contributed by atoms with Crippen molar-refractivity contribution in [2.45, 2.75) is 12.5 Å². The second-order valence-electron chi connectivity index (χ2n) is 3.56. The van der Waals surface area contributed by atoms with Gasteiger partial charge in [0, 0.05) is 0 Å². The molecule has 15 heavy (non-hydrogen) atoms. The van der Waals surface area contributed by atoms with Crippen LogP contribution in [0.5, 0.6) is 0 Å². The van der Waals surface area contributed by atoms with Crippen molar-refractivity contribution in [3.8, 4) is 0 Å². The first-order chi connectivity index (χ1) is 7.09. The maximum absolute atomic E-state index is 10.3. The van der Waals surface area contributed by atoms with E-state index in [-0.39, 0.29) is 0 Å². The average Bonchev–Trinajstić information content (AvgIpc) is 2.27. The van der Waals surface area contributed by atoms with Gasteiger partial charge in [0.2, 0.25) is 0 Å². The molecule has 1 atom stereocenters. The zero-order chi connectivity index (χ0) is 11.3. The Morgan fingerprint density at radius 1 is 1.33 bits per heavy atom. The van der Waals surface area contributed by atoms with Crippen molar-refractivity contribution in [2.75, 3.05) is 0 Å². The van der Waals surface area contributed by atoms with Crippen LogP contribution in [0.25, 0.3) is 0 Å². The van der Waals surface area contributed by atoms with Crippen LogP contribution in [0.2, 0.25) is 0 Å². The number of hydrogen-bond acceptors (Lipinski definition) is 1. The molecule has 1 nitrogen and oxygen atoms in total. The first kappa shape index (κ1) is 11.5. The Bertz CT molecular complexity index is 372. The smallest absolute Gasteiger partial charge is 0.111 e. The lowest BCUT2D eigenvalue weighted by Gasteiger charge is -2.24. The molecule has 1 N–H and O–H groups in total. The minimum atomic E-state index is -1.03. The van der Waals surface area contributed by atoms with E-state index in [4.69, 9.17) is 0 Å². The van der Waals surface area contributed by atoms with Gasteiger partial charge >= 0.3 is 0 Å². The molecule has 1 aromatic carbocycles. The number of benzene rings is 1. The molecule has 0 fully saturated rings. The third kappa shape index (κ3) is 2.67. The molecule has 0 aromatic heterocycles. The van der Waals surface area contributed by atoms with Gasteiger partial charge in [0.25, 0.3) is 0 Å². The summed E-state index contributed by atoms with van der Waals surface area (Å²) in [5.74, 6) is 0. The SMILES string of the molecule is C=C/C=C\C(=C)C(C)(O)c1ccccc1. The maximum atomic E-state index is 10.3. The predicted molar refractivity (Wildman–Crippen MR) is 64.5 cm³/mol. The molecular formula is C14H16O. The van der Waals surface area contributed by atoms with Gasteiger partial charge in [0.05, 0.1) is 0 Å². The fourth-order valence-electron chi connectivity index (χ4n) is 1.29. The Kier molecular flexibility index (Phi) is 3.64. The zero-order valence-corrected chi connectivity index (χ0v) is 8.98. The highest BCUT2D eigenvalue weighted by Gasteiger charge is 2.24. The number of hydrogen-bond donors (Lipinski definition) is 1. The number of allylic oxidation sites excluding steroid dienone is 2. The third-order valence-electron chi connectivity index (χ3n) is 2.39. The molecule has 0 aliphatic rings. The van der Waals surface area contributed by atoms with Crippen molar-refractivity contribution >= 4 is 0 Å². The summed E-state index contributed by atoms with van der Waals surface area (Å²) in [6, 6.07) is 9.48. The topological polar surface area (TPSA) is 20.2 Å². The van der Waals surface area contributed by atoms with Gasteiger partial charge in [-0.2, -0.15) is 0 Å². The first-order valence-corrected chi connectivity index (χ1v) is 4.85. The fourth-order valence-corrected chi connectivity index (χ4v) is 1.29. The monoisotopic (exact) mass is 200 g/mol. The van der Waals surface area contributed by atoms with Crippen molar-refractivity contribution in [2.24, 2.45) is 0 Å². The minimum Gasteiger partial charge on any atom is -0.381 e. The Labute approximate surface area is 91.1 Å². The molecule has 0 saturated carbocycles. The third-order valence-corrected chi connectivity index (χ3v) is 2.39. The Balaban J connectivity index is 2.97. The molecule has 0 radical (unpaired) electrons. The fraction of sp³-hybridized carbons (Fsp3) is 0.143. The van der Waals surface area contributed by atoms with Gasteiger partial charge in [-0.25, -0.2) is 0 Å². The second kappa shape index (κ2) is 4.76. The molecule has 1 rings (SSSR count). The summed E-state index contributed by atoms with van der Waals surface area (Å²) in [4.78, 5) is 0. The lowest BCUT2D eigenvalue weighted by Crippen LogP contribution is -2.22. The second-order valence-corrected chi connectivity index (χ2v) is 3.56. The molecule has 78 valence electrons. The lowest BCUT2D eigenvalue weighted by molar-refractivity contribution is 0.102. The number of rotatable bonds is 4. The Hall–Kier alpha value is -1.60. The molecule has 0 bridgehead atoms. The summed E-state index contributed by atoms with van der Waals surface area (Å²) in [6.45, 7) is 9.17. The van der Waals surface area contributed by atoms with Crippen molar-refractivity contribution in [3.63, 3.8) is 0 Å². The lowest BCUT2D eigenvalue weighted by atomic mass is 9.88. The van der Waals surface area contributed by atoms with E-state index in [0.717, 1.165) is 5.56 Å². The van der Waals surface area contributed by atoms with E-state index in [1.54, 1.807) is 25.2 Å². The van der Waals surface area contributed by atoms with E-state index >= 15 is 0 Å². The van der Waals surface area contributed by atoms with Crippen molar-refractivity contribution in [3.05, 3.63) is 72.9 Å². The van der Waals surface area contributed by atoms with Crippen LogP contribution in [0.3, 0.4) is 0 Å². The van der Waals surface area contributed by atoms with E-state index in [1.165, 1.54) is 0 Å². The van der Waals surface area contributed by atoms with Crippen LogP contribution >= 0.6 is 0 Å². The first-order valence-electron chi connectivity index (χ1n) is 4.85. The molecule has 0 heterocycles. The van der Waals surface area contributed by atoms with Gasteiger partial charge in [-0.3, -0.25) is 0 Å². The van der Waals surface area contributed by atoms with E-state index < -0.39 is 5.60 Å². The molecular weight excluding hydrogens is 184 g/mol. The van der Waals surface area contributed by atoms with Crippen LogP contribution in [-0.2, 0) is 5.60 Å². The molecule has 0 aliphatic heterocycles. The molecule has 1 aromatic rings. The van der Waals surface area contributed by atoms with Gasteiger partial charge in [0.1, 0.15) is 5.60 Å². The van der Waals surface area contributed by atoms with Crippen LogP contribution in [0.1, 0.15) is 12.5 Å². The van der Waals surface area contributed by atoms with Crippen LogP contribution in [0.4, 0.5) is 0 Å². The summed E-state index contributed by atoms with van der Waals surface area (Å²) in [6.07, 6.45) is 5.19. The summed E-state index contributed by atoms with van der Waals surface area (Å²) in [5, 5.41) is 10.3. The van der Waals surface area contributed by atoms with Gasteiger partial charge in [-0.05, 0) is 18.1 Å². The summed E-state index contributed by atoms with van der Waals surface area (Å²) < 4.78 is 0. The van der Waals surface area contributed by atoms with Crippen LogP contribution in [0.15, 0.2) is 67.3 Å². The van der Waals surface area contributed by atoms with Crippen LogP contribution < -0.4 is 0 Å². The molecule has 1 heteroatoms. The molecule has 0 spiro atoms. The molecule has 0 amide bonds. The van der Waals surface area contributed by atoms with Gasteiger partial charge in [-0.1, -0.05) is 61.7 Å². The highest BCUT2D eigenvalue weighted by Crippen LogP contribution is 2.28. The highest BCUT2D eigenvalue weighted by molar-refractivity contribution is 5.36. The minimum absolute atomic E-state index is 0.647. The van der Waals surface area contributed by atoms with Crippen LogP contribution in [-0.4, -0.2) is 5.11 Å². The van der Waals surface area contributed by atoms with E-state index in [1.807, 2.05) is 30.3 Å². The van der Waals surface area contributed by atoms with E-state index in [2.05, 4.69) is 13.2 Å². The standard InChI is InChI=1S/C14H16O/c1-4-5-9-12(2)14(3,15)13-10-7-6-8-11-13/h4-11,15H,1-2H2,3H3/b9-5-. The van der Waals surface area contributed by atoms with Crippen molar-refractivity contribution < 1.29 is 5.11 Å². The predicted octanol–water partition coefficient (Wildman–Crippen LogP) is 3.19. The van der Waals surface area contributed by atoms with Crippen LogP contribution in [0, 0.1) is 0 Å². The highest BCUT2D eigenvalue weighted by atomic mass is 16.3. The van der Waals surface area contributed by atoms with Gasteiger partial charge in [-0.15, -0.1) is 0 Å². The maximum Gasteiger partial charge on any atom is 0.111 e.